The van der Waals surface area contributed by atoms with Gasteiger partial charge in [-0.25, -0.2) is 9.59 Å². The van der Waals surface area contributed by atoms with Crippen LogP contribution in [-0.4, -0.2) is 49.2 Å². The van der Waals surface area contributed by atoms with Gasteiger partial charge in [0.15, 0.2) is 0 Å². The van der Waals surface area contributed by atoms with Crippen molar-refractivity contribution in [1.29, 1.82) is 0 Å². The third-order valence-electron chi connectivity index (χ3n) is 1.74. The Morgan fingerprint density at radius 2 is 2.05 bits per heavy atom. The van der Waals surface area contributed by atoms with E-state index in [2.05, 4.69) is 16.1 Å². The van der Waals surface area contributed by atoms with Crippen molar-refractivity contribution in [2.24, 2.45) is 0 Å². The van der Waals surface area contributed by atoms with Crippen molar-refractivity contribution in [3.05, 3.63) is 12.7 Å². The molecule has 1 amide bonds. The van der Waals surface area contributed by atoms with Crippen molar-refractivity contribution in [2.75, 3.05) is 19.8 Å². The second-order valence-corrected chi connectivity index (χ2v) is 3.38. The third kappa shape index (κ3) is 9.89. The van der Waals surface area contributed by atoms with Crippen LogP contribution < -0.4 is 5.32 Å². The fourth-order valence-corrected chi connectivity index (χ4v) is 0.965. The number of alkyl halides is 3. The highest BCUT2D eigenvalue weighted by Gasteiger charge is 2.28. The highest BCUT2D eigenvalue weighted by Crippen LogP contribution is 2.14. The Bertz CT molecular complexity index is 319. The second-order valence-electron chi connectivity index (χ2n) is 3.38. The number of aliphatic carboxylic acids is 1. The predicted octanol–water partition coefficient (Wildman–Crippen LogP) is 1.32. The lowest BCUT2D eigenvalue weighted by Gasteiger charge is -2.14. The van der Waals surface area contributed by atoms with Crippen LogP contribution in [0.5, 0.6) is 0 Å². The molecule has 0 saturated carbocycles. The summed E-state index contributed by atoms with van der Waals surface area (Å²) in [5.74, 6) is -1.40. The van der Waals surface area contributed by atoms with E-state index in [4.69, 9.17) is 5.11 Å². The summed E-state index contributed by atoms with van der Waals surface area (Å²) in [6.45, 7) is 1.24. The van der Waals surface area contributed by atoms with E-state index in [-0.39, 0.29) is 13.0 Å². The first-order valence-corrected chi connectivity index (χ1v) is 5.17. The molecule has 0 aliphatic rings. The van der Waals surface area contributed by atoms with Gasteiger partial charge in [-0.05, 0) is 0 Å². The van der Waals surface area contributed by atoms with Gasteiger partial charge in [0.1, 0.15) is 19.3 Å². The van der Waals surface area contributed by atoms with E-state index < -0.39 is 37.5 Å². The molecule has 1 unspecified atom stereocenters. The molecule has 0 aromatic heterocycles. The lowest BCUT2D eigenvalue weighted by molar-refractivity contribution is -0.174. The summed E-state index contributed by atoms with van der Waals surface area (Å²) in [5, 5.41) is 10.7. The highest BCUT2D eigenvalue weighted by molar-refractivity contribution is 5.79. The number of amides is 1. The van der Waals surface area contributed by atoms with E-state index in [1.807, 2.05) is 5.32 Å². The topological polar surface area (TPSA) is 84.9 Å². The van der Waals surface area contributed by atoms with Gasteiger partial charge in [-0.15, -0.1) is 0 Å². The molecule has 0 aromatic carbocycles. The van der Waals surface area contributed by atoms with Gasteiger partial charge in [-0.2, -0.15) is 13.2 Å². The van der Waals surface area contributed by atoms with Crippen molar-refractivity contribution in [3.8, 4) is 0 Å². The van der Waals surface area contributed by atoms with Crippen LogP contribution in [0, 0.1) is 0 Å². The van der Waals surface area contributed by atoms with Crippen LogP contribution in [0.15, 0.2) is 12.7 Å². The zero-order valence-corrected chi connectivity index (χ0v) is 9.90. The van der Waals surface area contributed by atoms with Crippen molar-refractivity contribution >= 4 is 12.1 Å². The maximum absolute atomic E-state index is 11.7. The van der Waals surface area contributed by atoms with Gasteiger partial charge in [-0.1, -0.05) is 12.7 Å². The molecule has 9 heteroatoms. The van der Waals surface area contributed by atoms with E-state index in [0.29, 0.717) is 0 Å². The van der Waals surface area contributed by atoms with Crippen molar-refractivity contribution in [3.63, 3.8) is 0 Å². The number of carboxylic acid groups (broad SMARTS) is 1. The summed E-state index contributed by atoms with van der Waals surface area (Å²) in [4.78, 5) is 21.8. The Balaban J connectivity index is 4.03. The molecule has 0 aliphatic carbocycles. The Morgan fingerprint density at radius 3 is 2.53 bits per heavy atom. The van der Waals surface area contributed by atoms with Gasteiger partial charge in [0.25, 0.3) is 0 Å². The third-order valence-corrected chi connectivity index (χ3v) is 1.74. The van der Waals surface area contributed by atoms with E-state index >= 15 is 0 Å². The van der Waals surface area contributed by atoms with Gasteiger partial charge in [0, 0.05) is 13.0 Å². The number of carbonyl (C=O) groups is 2. The van der Waals surface area contributed by atoms with Crippen molar-refractivity contribution < 1.29 is 37.3 Å². The Hall–Kier alpha value is -1.77. The molecule has 6 nitrogen and oxygen atoms in total. The molecule has 0 saturated heterocycles. The quantitative estimate of drug-likeness (QED) is 0.519. The number of carboxylic acids is 1. The summed E-state index contributed by atoms with van der Waals surface area (Å²) < 4.78 is 44.0. The van der Waals surface area contributed by atoms with Crippen LogP contribution in [0.3, 0.4) is 0 Å². The van der Waals surface area contributed by atoms with Gasteiger partial charge >= 0.3 is 18.2 Å². The van der Waals surface area contributed by atoms with Gasteiger partial charge in [0.2, 0.25) is 0 Å². The summed E-state index contributed by atoms with van der Waals surface area (Å²) in [5.41, 5.74) is 0. The number of halogens is 3. The zero-order valence-electron chi connectivity index (χ0n) is 9.90. The minimum absolute atomic E-state index is 0.108. The highest BCUT2D eigenvalue weighted by atomic mass is 19.4. The van der Waals surface area contributed by atoms with Gasteiger partial charge < -0.3 is 19.9 Å². The molecule has 0 fully saturated rings. The fourth-order valence-electron chi connectivity index (χ4n) is 0.965. The molecule has 0 rings (SSSR count). The van der Waals surface area contributed by atoms with Crippen LogP contribution in [0.4, 0.5) is 18.0 Å². The normalized spacial score (nSPS) is 12.6. The minimum Gasteiger partial charge on any atom is -0.480 e. The number of rotatable bonds is 8. The molecule has 0 bridgehead atoms. The maximum Gasteiger partial charge on any atom is 0.411 e. The summed E-state index contributed by atoms with van der Waals surface area (Å²) in [6.07, 6.45) is -4.51. The second kappa shape index (κ2) is 8.35. The van der Waals surface area contributed by atoms with E-state index in [1.54, 1.807) is 0 Å². The Labute approximate surface area is 107 Å². The van der Waals surface area contributed by atoms with Crippen LogP contribution in [0.25, 0.3) is 0 Å². The predicted molar refractivity (Wildman–Crippen MR) is 57.6 cm³/mol. The number of hydrogen-bond acceptors (Lipinski definition) is 4. The average molecular weight is 285 g/mol. The molecule has 110 valence electrons. The molecule has 0 spiro atoms. The van der Waals surface area contributed by atoms with E-state index in [1.165, 1.54) is 6.08 Å². The summed E-state index contributed by atoms with van der Waals surface area (Å²) in [6, 6.07) is -1.38. The fraction of sp³-hybridized carbons (Fsp3) is 0.600. The van der Waals surface area contributed by atoms with Crippen LogP contribution in [0.2, 0.25) is 0 Å². The Morgan fingerprint density at radius 1 is 1.42 bits per heavy atom. The molecule has 0 radical (unpaired) electrons. The van der Waals surface area contributed by atoms with Crippen molar-refractivity contribution in [2.45, 2.75) is 18.6 Å². The van der Waals surface area contributed by atoms with E-state index in [0.717, 1.165) is 0 Å². The molecule has 2 N–H and O–H groups in total. The smallest absolute Gasteiger partial charge is 0.411 e. The first-order chi connectivity index (χ1) is 8.76. The first kappa shape index (κ1) is 17.2. The van der Waals surface area contributed by atoms with E-state index in [9.17, 15) is 22.8 Å². The molecular weight excluding hydrogens is 271 g/mol. The lowest BCUT2D eigenvalue weighted by Crippen LogP contribution is -2.42. The zero-order chi connectivity index (χ0) is 14.9. The molecule has 19 heavy (non-hydrogen) atoms. The average Bonchev–Trinajstić information content (AvgIpc) is 2.28. The number of ether oxygens (including phenoxy) is 2. The SMILES string of the molecule is C=CCOC(=O)NC(CCOCC(F)(F)F)C(=O)O. The van der Waals surface area contributed by atoms with Crippen LogP contribution in [-0.2, 0) is 14.3 Å². The monoisotopic (exact) mass is 285 g/mol. The summed E-state index contributed by atoms with van der Waals surface area (Å²) in [7, 11) is 0. The standard InChI is InChI=1S/C10H14F3NO5/c1-2-4-19-9(17)14-7(8(15)16)3-5-18-6-10(11,12)13/h2,7H,1,3-6H2,(H,14,17)(H,15,16). The van der Waals surface area contributed by atoms with Crippen LogP contribution >= 0.6 is 0 Å². The molecule has 0 heterocycles. The lowest BCUT2D eigenvalue weighted by atomic mass is 10.2. The molecular formula is C10H14F3NO5. The largest absolute Gasteiger partial charge is 0.480 e. The Kier molecular flexibility index (Phi) is 7.57. The van der Waals surface area contributed by atoms with Crippen molar-refractivity contribution in [1.82, 2.24) is 5.32 Å². The molecule has 0 aromatic rings. The molecule has 1 atom stereocenters. The number of carbonyl (C=O) groups excluding carboxylic acids is 1. The minimum atomic E-state index is -4.48. The number of alkyl carbamates (subject to hydrolysis) is 1. The number of hydrogen-bond donors (Lipinski definition) is 2. The van der Waals surface area contributed by atoms with Gasteiger partial charge in [0.05, 0.1) is 0 Å². The van der Waals surface area contributed by atoms with Crippen LogP contribution in [0.1, 0.15) is 6.42 Å². The number of nitrogens with one attached hydrogen (secondary N) is 1. The first-order valence-electron chi connectivity index (χ1n) is 5.17. The van der Waals surface area contributed by atoms with Gasteiger partial charge in [-0.3, -0.25) is 0 Å². The maximum atomic E-state index is 11.7. The summed E-state index contributed by atoms with van der Waals surface area (Å²) >= 11 is 0. The molecule has 0 aliphatic heterocycles.